The van der Waals surface area contributed by atoms with E-state index in [4.69, 9.17) is 0 Å². The third kappa shape index (κ3) is 4.70. The van der Waals surface area contributed by atoms with Crippen molar-refractivity contribution in [2.24, 2.45) is 0 Å². The molecule has 0 radical (unpaired) electrons. The van der Waals surface area contributed by atoms with E-state index in [-0.39, 0.29) is 11.8 Å². The van der Waals surface area contributed by atoms with Crippen molar-refractivity contribution in [2.45, 2.75) is 20.3 Å². The molecule has 0 aliphatic heterocycles. The first kappa shape index (κ1) is 18.6. The van der Waals surface area contributed by atoms with Crippen molar-refractivity contribution in [1.29, 1.82) is 0 Å². The Balaban J connectivity index is 1.65. The van der Waals surface area contributed by atoms with Gasteiger partial charge in [0.25, 0.3) is 0 Å². The number of nitrogens with zero attached hydrogens (tertiary/aromatic N) is 2. The van der Waals surface area contributed by atoms with Gasteiger partial charge < -0.3 is 10.2 Å². The maximum atomic E-state index is 12.2. The molecule has 0 unspecified atom stereocenters. The number of aromatic nitrogens is 1. The largest absolute Gasteiger partial charge is 0.354 e. The molecule has 0 fully saturated rings. The summed E-state index contributed by atoms with van der Waals surface area (Å²) < 4.78 is 0. The predicted octanol–water partition coefficient (Wildman–Crippen LogP) is 3.26. The van der Waals surface area contributed by atoms with Crippen LogP contribution in [-0.4, -0.2) is 29.9 Å². The van der Waals surface area contributed by atoms with Crippen LogP contribution in [0.25, 0.3) is 10.9 Å². The Bertz CT molecular complexity index is 963. The summed E-state index contributed by atoms with van der Waals surface area (Å²) in [5, 5.41) is 3.88. The number of carbonyl (C=O) groups is 2. The zero-order chi connectivity index (χ0) is 19.2. The van der Waals surface area contributed by atoms with Gasteiger partial charge >= 0.3 is 0 Å². The Labute approximate surface area is 159 Å². The van der Waals surface area contributed by atoms with Crippen LogP contribution in [0.4, 0.5) is 5.69 Å². The average molecular weight is 361 g/mol. The van der Waals surface area contributed by atoms with Crippen molar-refractivity contribution in [3.8, 4) is 0 Å². The van der Waals surface area contributed by atoms with E-state index in [1.807, 2.05) is 61.5 Å². The van der Waals surface area contributed by atoms with Crippen LogP contribution in [0, 0.1) is 6.92 Å². The minimum Gasteiger partial charge on any atom is -0.354 e. The molecule has 138 valence electrons. The Morgan fingerprint density at radius 3 is 2.63 bits per heavy atom. The summed E-state index contributed by atoms with van der Waals surface area (Å²) in [5.74, 6) is -0.138. The van der Waals surface area contributed by atoms with Gasteiger partial charge in [0.15, 0.2) is 0 Å². The van der Waals surface area contributed by atoms with Gasteiger partial charge in [-0.3, -0.25) is 14.6 Å². The number of benzene rings is 2. The summed E-state index contributed by atoms with van der Waals surface area (Å²) in [7, 11) is 0. The first-order chi connectivity index (χ1) is 13.0. The van der Waals surface area contributed by atoms with Gasteiger partial charge in [-0.2, -0.15) is 0 Å². The maximum absolute atomic E-state index is 12.2. The molecule has 5 nitrogen and oxygen atoms in total. The van der Waals surface area contributed by atoms with Crippen LogP contribution < -0.4 is 10.2 Å². The van der Waals surface area contributed by atoms with Gasteiger partial charge in [-0.25, -0.2) is 0 Å². The molecule has 0 aliphatic carbocycles. The molecule has 3 rings (SSSR count). The van der Waals surface area contributed by atoms with Gasteiger partial charge in [-0.1, -0.05) is 48.0 Å². The van der Waals surface area contributed by atoms with Crippen LogP contribution in [0.1, 0.15) is 18.1 Å². The Hall–Kier alpha value is -3.21. The number of amides is 2. The summed E-state index contributed by atoms with van der Waals surface area (Å²) in [6, 6.07) is 17.5. The van der Waals surface area contributed by atoms with E-state index in [0.717, 1.165) is 27.7 Å². The van der Waals surface area contributed by atoms with Crippen LogP contribution in [0.15, 0.2) is 60.8 Å². The Kier molecular flexibility index (Phi) is 5.81. The van der Waals surface area contributed by atoms with Crippen molar-refractivity contribution in [3.05, 3.63) is 71.9 Å². The van der Waals surface area contributed by atoms with Crippen LogP contribution >= 0.6 is 0 Å². The highest BCUT2D eigenvalue weighted by molar-refractivity contribution is 6.01. The molecular formula is C22H23N3O2. The van der Waals surface area contributed by atoms with Crippen LogP contribution in [0.3, 0.4) is 0 Å². The number of rotatable bonds is 6. The fourth-order valence-electron chi connectivity index (χ4n) is 3.13. The molecule has 5 heteroatoms. The van der Waals surface area contributed by atoms with E-state index in [1.54, 1.807) is 11.1 Å². The highest BCUT2D eigenvalue weighted by atomic mass is 16.2. The first-order valence-electron chi connectivity index (χ1n) is 8.98. The van der Waals surface area contributed by atoms with Gasteiger partial charge in [-0.15, -0.1) is 0 Å². The second kappa shape index (κ2) is 8.45. The number of aryl methyl sites for hydroxylation is 1. The number of pyridine rings is 1. The molecule has 0 spiro atoms. The fraction of sp³-hybridized carbons (Fsp3) is 0.227. The highest BCUT2D eigenvalue weighted by Gasteiger charge is 2.15. The molecule has 0 saturated carbocycles. The summed E-state index contributed by atoms with van der Waals surface area (Å²) in [6.45, 7) is 4.30. The van der Waals surface area contributed by atoms with Crippen molar-refractivity contribution in [1.82, 2.24) is 10.3 Å². The van der Waals surface area contributed by atoms with Crippen molar-refractivity contribution in [2.75, 3.05) is 18.0 Å². The van der Waals surface area contributed by atoms with Crippen molar-refractivity contribution >= 4 is 28.4 Å². The second-order valence-electron chi connectivity index (χ2n) is 6.54. The van der Waals surface area contributed by atoms with Gasteiger partial charge in [0, 0.05) is 31.6 Å². The number of hydrogen-bond donors (Lipinski definition) is 1. The van der Waals surface area contributed by atoms with Crippen molar-refractivity contribution in [3.63, 3.8) is 0 Å². The molecule has 1 N–H and O–H groups in total. The zero-order valence-corrected chi connectivity index (χ0v) is 15.6. The lowest BCUT2D eigenvalue weighted by atomic mass is 10.1. The normalized spacial score (nSPS) is 10.6. The standard InChI is InChI=1S/C22H23N3O2/c1-16-6-3-7-18(14-16)15-21(27)23-12-13-25(17(2)26)20-10-4-8-19-9-5-11-24-22(19)20/h3-11,14H,12-13,15H2,1-2H3,(H,23,27). The molecular weight excluding hydrogens is 338 g/mol. The fourth-order valence-corrected chi connectivity index (χ4v) is 3.13. The molecule has 1 aromatic heterocycles. The van der Waals surface area contributed by atoms with Crippen LogP contribution in [-0.2, 0) is 16.0 Å². The molecule has 2 amide bonds. The number of anilines is 1. The molecule has 1 heterocycles. The SMILES string of the molecule is CC(=O)N(CCNC(=O)Cc1cccc(C)c1)c1cccc2cccnc12. The van der Waals surface area contributed by atoms with Crippen LogP contribution in [0.5, 0.6) is 0 Å². The predicted molar refractivity (Wildman–Crippen MR) is 108 cm³/mol. The van der Waals surface area contributed by atoms with E-state index >= 15 is 0 Å². The maximum Gasteiger partial charge on any atom is 0.224 e. The lowest BCUT2D eigenvalue weighted by Crippen LogP contribution is -2.38. The quantitative estimate of drug-likeness (QED) is 0.733. The van der Waals surface area contributed by atoms with E-state index in [9.17, 15) is 9.59 Å². The third-order valence-corrected chi connectivity index (χ3v) is 4.39. The molecule has 0 bridgehead atoms. The zero-order valence-electron chi connectivity index (χ0n) is 15.6. The number of carbonyl (C=O) groups excluding carboxylic acids is 2. The van der Waals surface area contributed by atoms with E-state index in [2.05, 4.69) is 10.3 Å². The van der Waals surface area contributed by atoms with E-state index in [0.29, 0.717) is 19.5 Å². The van der Waals surface area contributed by atoms with Gasteiger partial charge in [0.2, 0.25) is 11.8 Å². The third-order valence-electron chi connectivity index (χ3n) is 4.39. The monoisotopic (exact) mass is 361 g/mol. The first-order valence-corrected chi connectivity index (χ1v) is 8.98. The minimum atomic E-state index is -0.0823. The summed E-state index contributed by atoms with van der Waals surface area (Å²) in [4.78, 5) is 30.4. The number of nitrogens with one attached hydrogen (secondary N) is 1. The second-order valence-corrected chi connectivity index (χ2v) is 6.54. The lowest BCUT2D eigenvalue weighted by molar-refractivity contribution is -0.121. The molecule has 2 aromatic carbocycles. The van der Waals surface area contributed by atoms with E-state index < -0.39 is 0 Å². The summed E-state index contributed by atoms with van der Waals surface area (Å²) >= 11 is 0. The molecule has 27 heavy (non-hydrogen) atoms. The smallest absolute Gasteiger partial charge is 0.224 e. The molecule has 3 aromatic rings. The lowest BCUT2D eigenvalue weighted by Gasteiger charge is -2.22. The summed E-state index contributed by atoms with van der Waals surface area (Å²) in [5.41, 5.74) is 3.65. The number of fused-ring (bicyclic) bond motifs is 1. The van der Waals surface area contributed by atoms with Crippen LogP contribution in [0.2, 0.25) is 0 Å². The van der Waals surface area contributed by atoms with E-state index in [1.165, 1.54) is 6.92 Å². The number of para-hydroxylation sites is 1. The average Bonchev–Trinajstić information content (AvgIpc) is 2.65. The van der Waals surface area contributed by atoms with Gasteiger partial charge in [-0.05, 0) is 24.6 Å². The Morgan fingerprint density at radius 2 is 1.85 bits per heavy atom. The highest BCUT2D eigenvalue weighted by Crippen LogP contribution is 2.24. The number of hydrogen-bond acceptors (Lipinski definition) is 3. The van der Waals surface area contributed by atoms with Crippen molar-refractivity contribution < 1.29 is 9.59 Å². The molecule has 0 aliphatic rings. The Morgan fingerprint density at radius 1 is 1.07 bits per heavy atom. The molecule has 0 atom stereocenters. The van der Waals surface area contributed by atoms with Gasteiger partial charge in [0.05, 0.1) is 17.6 Å². The van der Waals surface area contributed by atoms with Gasteiger partial charge in [0.1, 0.15) is 0 Å². The topological polar surface area (TPSA) is 62.3 Å². The summed E-state index contributed by atoms with van der Waals surface area (Å²) in [6.07, 6.45) is 2.05. The molecule has 0 saturated heterocycles. The minimum absolute atomic E-state index is 0.0554.